The molecule has 3 heteroatoms. The molecule has 2 aliphatic rings. The number of benzene rings is 1. The number of methoxy groups -OCH3 is 1. The Kier molecular flexibility index (Phi) is 3.17. The van der Waals surface area contributed by atoms with Crippen molar-refractivity contribution in [2.24, 2.45) is 5.73 Å². The molecule has 1 heterocycles. The molecule has 1 saturated carbocycles. The molecule has 0 aromatic heterocycles. The molecule has 104 valence electrons. The van der Waals surface area contributed by atoms with E-state index in [0.29, 0.717) is 0 Å². The summed E-state index contributed by atoms with van der Waals surface area (Å²) in [6.07, 6.45) is 4.98. The van der Waals surface area contributed by atoms with Crippen molar-refractivity contribution in [3.63, 3.8) is 0 Å². The Morgan fingerprint density at radius 2 is 1.95 bits per heavy atom. The normalized spacial score (nSPS) is 22.4. The van der Waals surface area contributed by atoms with E-state index in [-0.39, 0.29) is 11.5 Å². The minimum atomic E-state index is 0.154. The lowest BCUT2D eigenvalue weighted by Gasteiger charge is -2.26. The SMILES string of the molecule is COc1ccc(N2CCCC2)cc1C1(C(C)N)CC1. The van der Waals surface area contributed by atoms with E-state index < -0.39 is 0 Å². The summed E-state index contributed by atoms with van der Waals surface area (Å²) >= 11 is 0. The molecule has 1 aromatic carbocycles. The Hall–Kier alpha value is -1.22. The van der Waals surface area contributed by atoms with Gasteiger partial charge in [-0.25, -0.2) is 0 Å². The van der Waals surface area contributed by atoms with Gasteiger partial charge in [0.05, 0.1) is 7.11 Å². The second-order valence-electron chi connectivity index (χ2n) is 6.02. The zero-order chi connectivity index (χ0) is 13.5. The zero-order valence-electron chi connectivity index (χ0n) is 12.0. The average molecular weight is 260 g/mol. The van der Waals surface area contributed by atoms with E-state index in [1.54, 1.807) is 7.11 Å². The van der Waals surface area contributed by atoms with Gasteiger partial charge in [0.1, 0.15) is 5.75 Å². The van der Waals surface area contributed by atoms with Gasteiger partial charge in [0, 0.05) is 35.8 Å². The summed E-state index contributed by atoms with van der Waals surface area (Å²) in [5.41, 5.74) is 9.02. The number of hydrogen-bond donors (Lipinski definition) is 1. The molecular weight excluding hydrogens is 236 g/mol. The summed E-state index contributed by atoms with van der Waals surface area (Å²) in [7, 11) is 1.76. The van der Waals surface area contributed by atoms with E-state index in [1.165, 1.54) is 50.0 Å². The van der Waals surface area contributed by atoms with Crippen LogP contribution in [0.3, 0.4) is 0 Å². The fourth-order valence-electron chi connectivity index (χ4n) is 3.36. The van der Waals surface area contributed by atoms with Crippen LogP contribution in [-0.2, 0) is 5.41 Å². The standard InChI is InChI=1S/C16H24N2O/c1-12(17)16(7-8-16)14-11-13(5-6-15(14)19-2)18-9-3-4-10-18/h5-6,11-12H,3-4,7-10,17H2,1-2H3. The molecule has 2 fully saturated rings. The Bertz CT molecular complexity index is 460. The molecule has 1 atom stereocenters. The number of nitrogens with zero attached hydrogens (tertiary/aromatic N) is 1. The third-order valence-corrected chi connectivity index (χ3v) is 4.85. The van der Waals surface area contributed by atoms with Crippen molar-refractivity contribution in [3.05, 3.63) is 23.8 Å². The van der Waals surface area contributed by atoms with Crippen LogP contribution in [0.4, 0.5) is 5.69 Å². The largest absolute Gasteiger partial charge is 0.496 e. The second kappa shape index (κ2) is 4.71. The summed E-state index contributed by atoms with van der Waals surface area (Å²) in [6, 6.07) is 6.81. The smallest absolute Gasteiger partial charge is 0.122 e. The van der Waals surface area contributed by atoms with Crippen molar-refractivity contribution >= 4 is 5.69 Å². The van der Waals surface area contributed by atoms with Crippen molar-refractivity contribution in [1.82, 2.24) is 0 Å². The maximum absolute atomic E-state index is 6.22. The summed E-state index contributed by atoms with van der Waals surface area (Å²) in [5, 5.41) is 0. The Morgan fingerprint density at radius 3 is 2.47 bits per heavy atom. The van der Waals surface area contributed by atoms with Gasteiger partial charge in [-0.15, -0.1) is 0 Å². The topological polar surface area (TPSA) is 38.5 Å². The first-order valence-electron chi connectivity index (χ1n) is 7.36. The van der Waals surface area contributed by atoms with Gasteiger partial charge in [0.15, 0.2) is 0 Å². The van der Waals surface area contributed by atoms with Crippen molar-refractivity contribution in [3.8, 4) is 5.75 Å². The van der Waals surface area contributed by atoms with E-state index in [1.807, 2.05) is 0 Å². The van der Waals surface area contributed by atoms with Crippen LogP contribution in [0.2, 0.25) is 0 Å². The average Bonchev–Trinajstić information content (AvgIpc) is 3.06. The maximum Gasteiger partial charge on any atom is 0.122 e. The first-order valence-corrected chi connectivity index (χ1v) is 7.36. The predicted octanol–water partition coefficient (Wildman–Crippen LogP) is 2.67. The van der Waals surface area contributed by atoms with Gasteiger partial charge in [0.2, 0.25) is 0 Å². The number of hydrogen-bond acceptors (Lipinski definition) is 3. The fraction of sp³-hybridized carbons (Fsp3) is 0.625. The second-order valence-corrected chi connectivity index (χ2v) is 6.02. The van der Waals surface area contributed by atoms with E-state index in [4.69, 9.17) is 10.5 Å². The third kappa shape index (κ3) is 2.10. The van der Waals surface area contributed by atoms with Gasteiger partial charge in [-0.05, 0) is 50.8 Å². The Labute approximate surface area is 115 Å². The van der Waals surface area contributed by atoms with Gasteiger partial charge < -0.3 is 15.4 Å². The molecule has 1 aliphatic carbocycles. The van der Waals surface area contributed by atoms with Crippen LogP contribution in [-0.4, -0.2) is 26.2 Å². The van der Waals surface area contributed by atoms with E-state index >= 15 is 0 Å². The number of nitrogens with two attached hydrogens (primary N) is 1. The first kappa shape index (κ1) is 12.8. The molecule has 19 heavy (non-hydrogen) atoms. The molecule has 1 unspecified atom stereocenters. The number of rotatable bonds is 4. The quantitative estimate of drug-likeness (QED) is 0.904. The van der Waals surface area contributed by atoms with Crippen LogP contribution >= 0.6 is 0 Å². The summed E-state index contributed by atoms with van der Waals surface area (Å²) in [5.74, 6) is 0.998. The molecule has 2 N–H and O–H groups in total. The van der Waals surface area contributed by atoms with Crippen LogP contribution in [0.5, 0.6) is 5.75 Å². The Balaban J connectivity index is 1.98. The van der Waals surface area contributed by atoms with E-state index in [0.717, 1.165) is 5.75 Å². The van der Waals surface area contributed by atoms with Gasteiger partial charge >= 0.3 is 0 Å². The molecule has 1 saturated heterocycles. The lowest BCUT2D eigenvalue weighted by molar-refractivity contribution is 0.398. The summed E-state index contributed by atoms with van der Waals surface area (Å²) in [4.78, 5) is 2.47. The molecular formula is C16H24N2O. The van der Waals surface area contributed by atoms with Gasteiger partial charge in [-0.2, -0.15) is 0 Å². The molecule has 3 rings (SSSR count). The lowest BCUT2D eigenvalue weighted by Crippen LogP contribution is -2.32. The highest BCUT2D eigenvalue weighted by atomic mass is 16.5. The van der Waals surface area contributed by atoms with Crippen LogP contribution in [0.15, 0.2) is 18.2 Å². The molecule has 0 spiro atoms. The first-order chi connectivity index (χ1) is 9.17. The monoisotopic (exact) mass is 260 g/mol. The summed E-state index contributed by atoms with van der Waals surface area (Å²) < 4.78 is 5.57. The van der Waals surface area contributed by atoms with Crippen molar-refractivity contribution in [2.45, 2.75) is 44.1 Å². The lowest BCUT2D eigenvalue weighted by atomic mass is 9.88. The molecule has 1 aromatic rings. The molecule has 1 aliphatic heterocycles. The minimum absolute atomic E-state index is 0.154. The molecule has 3 nitrogen and oxygen atoms in total. The van der Waals surface area contributed by atoms with Crippen molar-refractivity contribution < 1.29 is 4.74 Å². The van der Waals surface area contributed by atoms with Gasteiger partial charge in [-0.3, -0.25) is 0 Å². The fourth-order valence-corrected chi connectivity index (χ4v) is 3.36. The van der Waals surface area contributed by atoms with Crippen LogP contribution in [0.1, 0.15) is 38.2 Å². The number of anilines is 1. The number of ether oxygens (including phenoxy) is 1. The van der Waals surface area contributed by atoms with Crippen LogP contribution in [0, 0.1) is 0 Å². The highest BCUT2D eigenvalue weighted by molar-refractivity contribution is 5.57. The molecule has 0 amide bonds. The van der Waals surface area contributed by atoms with Crippen LogP contribution in [0.25, 0.3) is 0 Å². The van der Waals surface area contributed by atoms with Crippen LogP contribution < -0.4 is 15.4 Å². The zero-order valence-corrected chi connectivity index (χ0v) is 12.0. The summed E-state index contributed by atoms with van der Waals surface area (Å²) in [6.45, 7) is 4.48. The third-order valence-electron chi connectivity index (χ3n) is 4.85. The minimum Gasteiger partial charge on any atom is -0.496 e. The molecule has 0 radical (unpaired) electrons. The predicted molar refractivity (Wildman–Crippen MR) is 79.0 cm³/mol. The highest BCUT2D eigenvalue weighted by Crippen LogP contribution is 2.53. The van der Waals surface area contributed by atoms with Crippen molar-refractivity contribution in [2.75, 3.05) is 25.1 Å². The maximum atomic E-state index is 6.22. The Morgan fingerprint density at radius 1 is 1.26 bits per heavy atom. The highest BCUT2D eigenvalue weighted by Gasteiger charge is 2.49. The van der Waals surface area contributed by atoms with Gasteiger partial charge in [-0.1, -0.05) is 0 Å². The van der Waals surface area contributed by atoms with Crippen molar-refractivity contribution in [1.29, 1.82) is 0 Å². The molecule has 0 bridgehead atoms. The van der Waals surface area contributed by atoms with E-state index in [9.17, 15) is 0 Å². The van der Waals surface area contributed by atoms with Gasteiger partial charge in [0.25, 0.3) is 0 Å². The van der Waals surface area contributed by atoms with E-state index in [2.05, 4.69) is 30.0 Å².